The molecule has 1 aliphatic heterocycles. The van der Waals surface area contributed by atoms with Crippen molar-refractivity contribution in [2.75, 3.05) is 18.6 Å². The molecule has 8 heteroatoms. The summed E-state index contributed by atoms with van der Waals surface area (Å²) in [6.45, 7) is 4.06. The van der Waals surface area contributed by atoms with E-state index in [1.165, 1.54) is 18.1 Å². The molecule has 33 heavy (non-hydrogen) atoms. The molecule has 1 amide bonds. The summed E-state index contributed by atoms with van der Waals surface area (Å²) in [6.07, 6.45) is 0. The highest BCUT2D eigenvalue weighted by Gasteiger charge is 2.48. The van der Waals surface area contributed by atoms with Gasteiger partial charge in [-0.25, -0.2) is 0 Å². The van der Waals surface area contributed by atoms with Crippen molar-refractivity contribution in [3.05, 3.63) is 82.3 Å². The van der Waals surface area contributed by atoms with Crippen LogP contribution in [-0.4, -0.2) is 30.5 Å². The number of aryl methyl sites for hydroxylation is 1. The minimum Gasteiger partial charge on any atom is -0.507 e. The second-order valence-corrected chi connectivity index (χ2v) is 7.80. The van der Waals surface area contributed by atoms with Crippen molar-refractivity contribution in [1.29, 1.82) is 0 Å². The first-order valence-corrected chi connectivity index (χ1v) is 10.7. The Hall–Kier alpha value is -3.71. The molecule has 4 rings (SSSR count). The summed E-state index contributed by atoms with van der Waals surface area (Å²) in [7, 11) is 1.47. The molecule has 170 valence electrons. The molecule has 3 aromatic rings. The van der Waals surface area contributed by atoms with Crippen molar-refractivity contribution in [3.8, 4) is 11.5 Å². The number of carbonyl (C=O) groups excluding carboxylic acids is 2. The smallest absolute Gasteiger partial charge is 0.300 e. The Morgan fingerprint density at radius 2 is 1.94 bits per heavy atom. The number of methoxy groups -OCH3 is 1. The number of hydrogen-bond donors (Lipinski definition) is 1. The third-order valence-corrected chi connectivity index (χ3v) is 5.60. The lowest BCUT2D eigenvalue weighted by atomic mass is 9.99. The number of hydrogen-bond acceptors (Lipinski definition) is 6. The molecule has 1 N–H and O–H groups in total. The van der Waals surface area contributed by atoms with E-state index in [0.717, 1.165) is 0 Å². The largest absolute Gasteiger partial charge is 0.507 e. The average molecular weight is 468 g/mol. The maximum atomic E-state index is 13.2. The number of rotatable bonds is 6. The van der Waals surface area contributed by atoms with Gasteiger partial charge in [0.25, 0.3) is 11.7 Å². The van der Waals surface area contributed by atoms with E-state index in [9.17, 15) is 14.7 Å². The minimum absolute atomic E-state index is 0.0996. The van der Waals surface area contributed by atoms with Crippen LogP contribution >= 0.6 is 11.6 Å². The number of halogens is 1. The van der Waals surface area contributed by atoms with Crippen LogP contribution in [0.5, 0.6) is 11.5 Å². The van der Waals surface area contributed by atoms with E-state index >= 15 is 0 Å². The highest BCUT2D eigenvalue weighted by molar-refractivity contribution is 6.51. The fraction of sp³-hybridized carbons (Fsp3) is 0.200. The number of benzene rings is 2. The van der Waals surface area contributed by atoms with E-state index in [2.05, 4.69) is 0 Å². The van der Waals surface area contributed by atoms with Gasteiger partial charge in [-0.2, -0.15) is 0 Å². The first-order chi connectivity index (χ1) is 15.8. The van der Waals surface area contributed by atoms with Gasteiger partial charge in [-0.05, 0) is 56.3 Å². The molecule has 0 saturated carbocycles. The maximum Gasteiger partial charge on any atom is 0.300 e. The van der Waals surface area contributed by atoms with Crippen molar-refractivity contribution in [2.24, 2.45) is 0 Å². The molecule has 1 atom stereocenters. The van der Waals surface area contributed by atoms with E-state index in [-0.39, 0.29) is 21.9 Å². The summed E-state index contributed by atoms with van der Waals surface area (Å²) >= 11 is 6.22. The Balaban J connectivity index is 1.90. The molecule has 1 aromatic heterocycles. The van der Waals surface area contributed by atoms with E-state index < -0.39 is 17.7 Å². The lowest BCUT2D eigenvalue weighted by Gasteiger charge is -2.24. The van der Waals surface area contributed by atoms with Crippen LogP contribution in [0.4, 0.5) is 5.69 Å². The maximum absolute atomic E-state index is 13.2. The quantitative estimate of drug-likeness (QED) is 0.301. The number of aliphatic hydroxyl groups excluding tert-OH is 1. The summed E-state index contributed by atoms with van der Waals surface area (Å²) in [4.78, 5) is 27.7. The van der Waals surface area contributed by atoms with Crippen molar-refractivity contribution < 1.29 is 28.6 Å². The van der Waals surface area contributed by atoms with E-state index in [4.69, 9.17) is 25.5 Å². The zero-order chi connectivity index (χ0) is 23.7. The predicted molar refractivity (Wildman–Crippen MR) is 124 cm³/mol. The number of ketones is 1. The van der Waals surface area contributed by atoms with Crippen LogP contribution in [0.25, 0.3) is 5.76 Å². The Labute approximate surface area is 195 Å². The van der Waals surface area contributed by atoms with Crippen LogP contribution in [-0.2, 0) is 9.59 Å². The lowest BCUT2D eigenvalue weighted by Crippen LogP contribution is -2.29. The number of nitrogens with zero attached hydrogens (tertiary/aromatic N) is 1. The summed E-state index contributed by atoms with van der Waals surface area (Å²) in [5, 5.41) is 11.4. The van der Waals surface area contributed by atoms with Crippen molar-refractivity contribution in [2.45, 2.75) is 19.9 Å². The zero-order valence-electron chi connectivity index (χ0n) is 18.3. The molecule has 1 fully saturated rings. The first-order valence-electron chi connectivity index (χ1n) is 10.3. The summed E-state index contributed by atoms with van der Waals surface area (Å²) in [5.41, 5.74) is 0.612. The second-order valence-electron chi connectivity index (χ2n) is 7.40. The van der Waals surface area contributed by atoms with Gasteiger partial charge < -0.3 is 19.0 Å². The first kappa shape index (κ1) is 22.5. The average Bonchev–Trinajstić information content (AvgIpc) is 3.34. The molecule has 1 unspecified atom stereocenters. The van der Waals surface area contributed by atoms with Crippen LogP contribution in [0, 0.1) is 6.92 Å². The molecule has 1 aliphatic rings. The fourth-order valence-electron chi connectivity index (χ4n) is 3.83. The molecule has 0 bridgehead atoms. The van der Waals surface area contributed by atoms with Gasteiger partial charge in [0, 0.05) is 17.3 Å². The molecule has 0 aliphatic carbocycles. The van der Waals surface area contributed by atoms with Crippen LogP contribution in [0.3, 0.4) is 0 Å². The topological polar surface area (TPSA) is 89.2 Å². The third-order valence-electron chi connectivity index (χ3n) is 5.31. The molecule has 0 radical (unpaired) electrons. The van der Waals surface area contributed by atoms with Gasteiger partial charge in [0.15, 0.2) is 0 Å². The van der Waals surface area contributed by atoms with Crippen LogP contribution in [0.2, 0.25) is 5.02 Å². The Morgan fingerprint density at radius 1 is 1.15 bits per heavy atom. The van der Waals surface area contributed by atoms with E-state index in [1.54, 1.807) is 55.5 Å². The summed E-state index contributed by atoms with van der Waals surface area (Å²) in [6, 6.07) is 13.9. The van der Waals surface area contributed by atoms with Crippen LogP contribution in [0.15, 0.2) is 64.6 Å². The van der Waals surface area contributed by atoms with Crippen LogP contribution in [0.1, 0.15) is 30.0 Å². The van der Waals surface area contributed by atoms with Gasteiger partial charge in [0.2, 0.25) is 0 Å². The number of carbonyl (C=O) groups is 2. The summed E-state index contributed by atoms with van der Waals surface area (Å²) in [5.74, 6) is -0.0711. The molecule has 1 saturated heterocycles. The fourth-order valence-corrected chi connectivity index (χ4v) is 4.09. The number of amides is 1. The third kappa shape index (κ3) is 4.07. The van der Waals surface area contributed by atoms with Gasteiger partial charge in [-0.15, -0.1) is 0 Å². The molecule has 7 nitrogen and oxygen atoms in total. The van der Waals surface area contributed by atoms with Gasteiger partial charge in [0.1, 0.15) is 34.8 Å². The number of aliphatic hydroxyl groups is 1. The van der Waals surface area contributed by atoms with Crippen molar-refractivity contribution in [3.63, 3.8) is 0 Å². The minimum atomic E-state index is -0.976. The molecule has 2 heterocycles. The van der Waals surface area contributed by atoms with Gasteiger partial charge in [-0.3, -0.25) is 14.5 Å². The molecular weight excluding hydrogens is 446 g/mol. The Morgan fingerprint density at radius 3 is 2.58 bits per heavy atom. The van der Waals surface area contributed by atoms with E-state index in [0.29, 0.717) is 35.3 Å². The molecule has 2 aromatic carbocycles. The van der Waals surface area contributed by atoms with Gasteiger partial charge in [-0.1, -0.05) is 17.7 Å². The molecular formula is C25H22ClNO6. The standard InChI is InChI=1S/C25H22ClNO6/c1-4-32-17-7-5-6-16(13-17)27-22(20-10-8-14(2)33-20)21(24(29)25(27)30)23(28)15-9-11-19(31-3)18(26)12-15/h5-13,22,28H,4H2,1-3H3/b23-21-. The zero-order valence-corrected chi connectivity index (χ0v) is 19.1. The van der Waals surface area contributed by atoms with E-state index in [1.807, 2.05) is 6.92 Å². The second kappa shape index (κ2) is 9.03. The summed E-state index contributed by atoms with van der Waals surface area (Å²) < 4.78 is 16.5. The number of anilines is 1. The normalized spacial score (nSPS) is 17.5. The monoisotopic (exact) mass is 467 g/mol. The number of ether oxygens (including phenoxy) is 2. The highest BCUT2D eigenvalue weighted by atomic mass is 35.5. The molecule has 0 spiro atoms. The van der Waals surface area contributed by atoms with Crippen LogP contribution < -0.4 is 14.4 Å². The Kier molecular flexibility index (Phi) is 6.16. The van der Waals surface area contributed by atoms with Gasteiger partial charge in [0.05, 0.1) is 24.3 Å². The predicted octanol–water partition coefficient (Wildman–Crippen LogP) is 5.28. The SMILES string of the molecule is CCOc1cccc(N2C(=O)C(=O)/C(=C(\O)c3ccc(OC)c(Cl)c3)C2c2ccc(C)o2)c1. The van der Waals surface area contributed by atoms with Crippen molar-refractivity contribution >= 4 is 34.7 Å². The number of Topliss-reactive ketones (excluding diaryl/α,β-unsaturated/α-hetero) is 1. The number of furan rings is 1. The van der Waals surface area contributed by atoms with Crippen molar-refractivity contribution in [1.82, 2.24) is 0 Å². The Bertz CT molecular complexity index is 1260. The highest BCUT2D eigenvalue weighted by Crippen LogP contribution is 2.43. The lowest BCUT2D eigenvalue weighted by molar-refractivity contribution is -0.132. The van der Waals surface area contributed by atoms with Gasteiger partial charge >= 0.3 is 0 Å².